The fourth-order valence-electron chi connectivity index (χ4n) is 3.39. The first kappa shape index (κ1) is 17.3. The first-order valence-corrected chi connectivity index (χ1v) is 9.13. The van der Waals surface area contributed by atoms with Crippen LogP contribution in [0.15, 0.2) is 42.5 Å². The summed E-state index contributed by atoms with van der Waals surface area (Å²) in [5.41, 5.74) is 5.61. The highest BCUT2D eigenvalue weighted by Gasteiger charge is 2.27. The van der Waals surface area contributed by atoms with E-state index in [0.717, 1.165) is 36.2 Å². The number of benzene rings is 2. The first-order valence-electron chi connectivity index (χ1n) is 8.75. The van der Waals surface area contributed by atoms with Crippen molar-refractivity contribution in [3.05, 3.63) is 75.6 Å². The van der Waals surface area contributed by atoms with Crippen LogP contribution in [0.5, 0.6) is 0 Å². The second kappa shape index (κ2) is 6.90. The smallest absolute Gasteiger partial charge is 0.276 e. The van der Waals surface area contributed by atoms with Crippen LogP contribution in [0, 0.1) is 18.3 Å². The number of hydrogen-bond acceptors (Lipinski definition) is 3. The zero-order chi connectivity index (χ0) is 19.0. The lowest BCUT2D eigenvalue weighted by Gasteiger charge is -2.06. The standard InChI is InChI=1S/C21H17ClN4O/c1-13-5-9-16(10-6-13)26-19-4-2-3-17(19)20(25-26)21(27)24-15-8-7-14(12-23)18(22)11-15/h5-11H,2-4H2,1H3,(H,24,27). The molecule has 1 aromatic heterocycles. The molecule has 0 spiro atoms. The highest BCUT2D eigenvalue weighted by molar-refractivity contribution is 6.32. The molecule has 0 aliphatic heterocycles. The van der Waals surface area contributed by atoms with Crippen LogP contribution in [0.25, 0.3) is 5.69 Å². The van der Waals surface area contributed by atoms with E-state index in [9.17, 15) is 4.79 Å². The predicted octanol–water partition coefficient (Wildman–Crippen LogP) is 4.45. The van der Waals surface area contributed by atoms with Gasteiger partial charge in [-0.15, -0.1) is 0 Å². The summed E-state index contributed by atoms with van der Waals surface area (Å²) < 4.78 is 1.88. The minimum absolute atomic E-state index is 0.264. The van der Waals surface area contributed by atoms with Gasteiger partial charge in [0.1, 0.15) is 6.07 Å². The average Bonchev–Trinajstić information content (AvgIpc) is 3.25. The van der Waals surface area contributed by atoms with Crippen molar-refractivity contribution in [2.45, 2.75) is 26.2 Å². The predicted molar refractivity (Wildman–Crippen MR) is 104 cm³/mol. The van der Waals surface area contributed by atoms with Crippen molar-refractivity contribution < 1.29 is 4.79 Å². The number of aryl methyl sites for hydroxylation is 1. The van der Waals surface area contributed by atoms with Gasteiger partial charge in [-0.25, -0.2) is 4.68 Å². The van der Waals surface area contributed by atoms with Crippen molar-refractivity contribution in [1.29, 1.82) is 5.26 Å². The Hall–Kier alpha value is -3.10. The number of carbonyl (C=O) groups is 1. The number of fused-ring (bicyclic) bond motifs is 1. The molecule has 27 heavy (non-hydrogen) atoms. The maximum Gasteiger partial charge on any atom is 0.276 e. The number of carbonyl (C=O) groups excluding carboxylic acids is 1. The minimum Gasteiger partial charge on any atom is -0.321 e. The number of halogens is 1. The van der Waals surface area contributed by atoms with Gasteiger partial charge < -0.3 is 5.32 Å². The van der Waals surface area contributed by atoms with Gasteiger partial charge in [-0.05, 0) is 56.5 Å². The summed E-state index contributed by atoms with van der Waals surface area (Å²) in [6.45, 7) is 2.04. The van der Waals surface area contributed by atoms with Crippen LogP contribution in [-0.2, 0) is 12.8 Å². The van der Waals surface area contributed by atoms with Crippen LogP contribution in [0.3, 0.4) is 0 Å². The van der Waals surface area contributed by atoms with Crippen molar-refractivity contribution in [1.82, 2.24) is 9.78 Å². The molecule has 1 N–H and O–H groups in total. The number of rotatable bonds is 3. The van der Waals surface area contributed by atoms with E-state index in [2.05, 4.69) is 10.4 Å². The number of amides is 1. The van der Waals surface area contributed by atoms with Gasteiger partial charge >= 0.3 is 0 Å². The van der Waals surface area contributed by atoms with Crippen LogP contribution >= 0.6 is 11.6 Å². The molecule has 5 nitrogen and oxygen atoms in total. The van der Waals surface area contributed by atoms with Crippen molar-refractivity contribution in [3.63, 3.8) is 0 Å². The fourth-order valence-corrected chi connectivity index (χ4v) is 3.62. The molecule has 0 atom stereocenters. The van der Waals surface area contributed by atoms with Gasteiger partial charge in [0.05, 0.1) is 16.3 Å². The fraction of sp³-hybridized carbons (Fsp3) is 0.190. The van der Waals surface area contributed by atoms with Gasteiger partial charge in [0, 0.05) is 16.9 Å². The molecule has 0 unspecified atom stereocenters. The minimum atomic E-state index is -0.264. The lowest BCUT2D eigenvalue weighted by molar-refractivity contribution is 0.102. The third-order valence-corrected chi connectivity index (χ3v) is 5.08. The molecule has 6 heteroatoms. The summed E-state index contributed by atoms with van der Waals surface area (Å²) in [6.07, 6.45) is 2.77. The van der Waals surface area contributed by atoms with Gasteiger partial charge in [0.15, 0.2) is 5.69 Å². The highest BCUT2D eigenvalue weighted by Crippen LogP contribution is 2.29. The van der Waals surface area contributed by atoms with Crippen LogP contribution in [-0.4, -0.2) is 15.7 Å². The van der Waals surface area contributed by atoms with Gasteiger partial charge in [-0.1, -0.05) is 29.3 Å². The molecule has 0 fully saturated rings. The number of aromatic nitrogens is 2. The van der Waals surface area contributed by atoms with Crippen molar-refractivity contribution in [2.75, 3.05) is 5.32 Å². The first-order chi connectivity index (χ1) is 13.1. The Bertz CT molecular complexity index is 1080. The maximum atomic E-state index is 12.8. The van der Waals surface area contributed by atoms with Crippen LogP contribution in [0.2, 0.25) is 5.02 Å². The Labute approximate surface area is 162 Å². The van der Waals surface area contributed by atoms with Crippen LogP contribution < -0.4 is 5.32 Å². The van der Waals surface area contributed by atoms with E-state index in [4.69, 9.17) is 16.9 Å². The molecule has 0 saturated heterocycles. The topological polar surface area (TPSA) is 70.7 Å². The van der Waals surface area contributed by atoms with E-state index in [-0.39, 0.29) is 5.91 Å². The average molecular weight is 377 g/mol. The van der Waals surface area contributed by atoms with Crippen molar-refractivity contribution >= 4 is 23.2 Å². The van der Waals surface area contributed by atoms with E-state index in [1.54, 1.807) is 18.2 Å². The largest absolute Gasteiger partial charge is 0.321 e. The highest BCUT2D eigenvalue weighted by atomic mass is 35.5. The summed E-state index contributed by atoms with van der Waals surface area (Å²) in [6, 6.07) is 15.0. The third kappa shape index (κ3) is 3.20. The Morgan fingerprint density at radius 3 is 2.70 bits per heavy atom. The van der Waals surface area contributed by atoms with E-state index in [1.807, 2.05) is 41.9 Å². The van der Waals surface area contributed by atoms with Gasteiger partial charge in [-0.2, -0.15) is 10.4 Å². The second-order valence-corrected chi connectivity index (χ2v) is 7.04. The molecule has 1 amide bonds. The molecule has 1 aliphatic rings. The van der Waals surface area contributed by atoms with Crippen molar-refractivity contribution in [3.8, 4) is 11.8 Å². The molecule has 1 heterocycles. The molecule has 0 saturated carbocycles. The molecule has 0 bridgehead atoms. The molecule has 1 aliphatic carbocycles. The van der Waals surface area contributed by atoms with Crippen LogP contribution in [0.4, 0.5) is 5.69 Å². The quantitative estimate of drug-likeness (QED) is 0.734. The summed E-state index contributed by atoms with van der Waals surface area (Å²) in [5.74, 6) is -0.264. The van der Waals surface area contributed by atoms with Crippen LogP contribution in [0.1, 0.15) is 39.3 Å². The monoisotopic (exact) mass is 376 g/mol. The normalized spacial score (nSPS) is 12.5. The van der Waals surface area contributed by atoms with E-state index >= 15 is 0 Å². The number of hydrogen-bond donors (Lipinski definition) is 1. The zero-order valence-corrected chi connectivity index (χ0v) is 15.5. The van der Waals surface area contributed by atoms with Gasteiger partial charge in [-0.3, -0.25) is 4.79 Å². The Morgan fingerprint density at radius 1 is 1.22 bits per heavy atom. The Morgan fingerprint density at radius 2 is 2.00 bits per heavy atom. The number of nitrogens with zero attached hydrogens (tertiary/aromatic N) is 3. The maximum absolute atomic E-state index is 12.8. The number of nitriles is 1. The lowest BCUT2D eigenvalue weighted by Crippen LogP contribution is -2.15. The third-order valence-electron chi connectivity index (χ3n) is 4.77. The summed E-state index contributed by atoms with van der Waals surface area (Å²) in [5, 5.41) is 16.7. The lowest BCUT2D eigenvalue weighted by atomic mass is 10.1. The molecule has 2 aromatic carbocycles. The summed E-state index contributed by atoms with van der Waals surface area (Å²) in [7, 11) is 0. The van der Waals surface area contributed by atoms with E-state index in [0.29, 0.717) is 22.0 Å². The Balaban J connectivity index is 1.67. The molecule has 0 radical (unpaired) electrons. The summed E-state index contributed by atoms with van der Waals surface area (Å²) in [4.78, 5) is 12.8. The zero-order valence-electron chi connectivity index (χ0n) is 14.8. The van der Waals surface area contributed by atoms with Crippen molar-refractivity contribution in [2.24, 2.45) is 0 Å². The number of nitrogens with one attached hydrogen (secondary N) is 1. The molecular formula is C21H17ClN4O. The summed E-state index contributed by atoms with van der Waals surface area (Å²) >= 11 is 6.06. The van der Waals surface area contributed by atoms with Gasteiger partial charge in [0.25, 0.3) is 5.91 Å². The molecule has 4 rings (SSSR count). The molecule has 134 valence electrons. The van der Waals surface area contributed by atoms with E-state index < -0.39 is 0 Å². The SMILES string of the molecule is Cc1ccc(-n2nc(C(=O)Nc3ccc(C#N)c(Cl)c3)c3c2CCC3)cc1. The van der Waals surface area contributed by atoms with Gasteiger partial charge in [0.2, 0.25) is 0 Å². The second-order valence-electron chi connectivity index (χ2n) is 6.64. The molecule has 3 aromatic rings. The van der Waals surface area contributed by atoms with E-state index in [1.165, 1.54) is 5.56 Å². The molecular weight excluding hydrogens is 360 g/mol. The number of anilines is 1. The Kier molecular flexibility index (Phi) is 4.43.